The maximum Gasteiger partial charge on any atom is 0.271 e. The highest BCUT2D eigenvalue weighted by Gasteiger charge is 2.11. The molecule has 0 fully saturated rings. The molecule has 1 aromatic heterocycles. The minimum absolute atomic E-state index is 0.0974. The lowest BCUT2D eigenvalue weighted by Gasteiger charge is -2.09. The van der Waals surface area contributed by atoms with Crippen molar-refractivity contribution in [1.29, 1.82) is 0 Å². The van der Waals surface area contributed by atoms with Crippen molar-refractivity contribution in [3.8, 4) is 5.75 Å². The van der Waals surface area contributed by atoms with Gasteiger partial charge in [-0.3, -0.25) is 19.6 Å². The van der Waals surface area contributed by atoms with Crippen molar-refractivity contribution in [3.63, 3.8) is 0 Å². The van der Waals surface area contributed by atoms with Crippen LogP contribution >= 0.6 is 11.6 Å². The van der Waals surface area contributed by atoms with E-state index in [1.54, 1.807) is 35.1 Å². The van der Waals surface area contributed by atoms with Crippen molar-refractivity contribution in [2.75, 3.05) is 0 Å². The molecular formula is C20H19ClN4O4. The molecule has 0 radical (unpaired) electrons. The van der Waals surface area contributed by atoms with E-state index in [0.717, 1.165) is 17.7 Å². The van der Waals surface area contributed by atoms with E-state index in [2.05, 4.69) is 10.4 Å². The van der Waals surface area contributed by atoms with Gasteiger partial charge in [0.1, 0.15) is 12.4 Å². The van der Waals surface area contributed by atoms with Crippen LogP contribution in [-0.4, -0.2) is 20.6 Å². The number of aryl methyl sites for hydroxylation is 1. The molecule has 0 saturated carbocycles. The van der Waals surface area contributed by atoms with Crippen LogP contribution in [0.2, 0.25) is 5.02 Å². The van der Waals surface area contributed by atoms with E-state index in [1.807, 2.05) is 13.1 Å². The third-order valence-electron chi connectivity index (χ3n) is 4.20. The lowest BCUT2D eigenvalue weighted by atomic mass is 10.1. The second kappa shape index (κ2) is 9.20. The van der Waals surface area contributed by atoms with Crippen molar-refractivity contribution in [2.24, 2.45) is 0 Å². The second-order valence-electron chi connectivity index (χ2n) is 6.24. The molecule has 1 amide bonds. The van der Waals surface area contributed by atoms with Gasteiger partial charge in [-0.1, -0.05) is 23.7 Å². The highest BCUT2D eigenvalue weighted by atomic mass is 35.5. The molecule has 0 unspecified atom stereocenters. The Morgan fingerprint density at radius 3 is 2.62 bits per heavy atom. The van der Waals surface area contributed by atoms with Crippen LogP contribution in [0.5, 0.6) is 5.75 Å². The number of ether oxygens (including phenoxy) is 1. The maximum atomic E-state index is 12.3. The van der Waals surface area contributed by atoms with Gasteiger partial charge in [0, 0.05) is 42.5 Å². The number of nitro benzene ring substituents is 1. The zero-order chi connectivity index (χ0) is 20.8. The summed E-state index contributed by atoms with van der Waals surface area (Å²) in [6, 6.07) is 11.0. The highest BCUT2D eigenvalue weighted by molar-refractivity contribution is 6.32. The highest BCUT2D eigenvalue weighted by Crippen LogP contribution is 2.29. The topological polar surface area (TPSA) is 99.3 Å². The summed E-state index contributed by atoms with van der Waals surface area (Å²) in [5, 5.41) is 17.9. The van der Waals surface area contributed by atoms with Crippen LogP contribution in [0, 0.1) is 10.1 Å². The monoisotopic (exact) mass is 414 g/mol. The first kappa shape index (κ1) is 20.3. The van der Waals surface area contributed by atoms with Gasteiger partial charge in [0.25, 0.3) is 11.6 Å². The van der Waals surface area contributed by atoms with Crippen molar-refractivity contribution in [3.05, 3.63) is 86.7 Å². The summed E-state index contributed by atoms with van der Waals surface area (Å²) < 4.78 is 7.41. The number of carbonyl (C=O) groups is 1. The standard InChI is InChI=1S/C20H19ClN4O4/c1-2-24-12-15(11-23-24)10-22-20(26)16-5-3-14(4-6-16)13-29-19-8-7-17(25(27)28)9-18(19)21/h3-9,11-12H,2,10,13H2,1H3,(H,22,26). The summed E-state index contributed by atoms with van der Waals surface area (Å²) in [6.45, 7) is 3.40. The van der Waals surface area contributed by atoms with E-state index in [1.165, 1.54) is 18.2 Å². The number of amides is 1. The van der Waals surface area contributed by atoms with Crippen LogP contribution < -0.4 is 10.1 Å². The number of rotatable bonds is 8. The molecule has 0 aliphatic rings. The minimum Gasteiger partial charge on any atom is -0.487 e. The molecular weight excluding hydrogens is 396 g/mol. The number of carbonyl (C=O) groups excluding carboxylic acids is 1. The number of nitrogens with zero attached hydrogens (tertiary/aromatic N) is 3. The van der Waals surface area contributed by atoms with Gasteiger partial charge in [0.15, 0.2) is 0 Å². The van der Waals surface area contributed by atoms with Gasteiger partial charge in [-0.2, -0.15) is 5.10 Å². The van der Waals surface area contributed by atoms with Gasteiger partial charge in [-0.15, -0.1) is 0 Å². The van der Waals surface area contributed by atoms with Gasteiger partial charge < -0.3 is 10.1 Å². The van der Waals surface area contributed by atoms with Crippen LogP contribution in [0.4, 0.5) is 5.69 Å². The predicted octanol–water partition coefficient (Wildman–Crippen LogP) is 3.97. The number of nitro groups is 1. The average molecular weight is 415 g/mol. The van der Waals surface area contributed by atoms with E-state index in [4.69, 9.17) is 16.3 Å². The molecule has 1 N–H and O–H groups in total. The Bertz CT molecular complexity index is 1020. The fourth-order valence-electron chi connectivity index (χ4n) is 2.59. The van der Waals surface area contributed by atoms with Gasteiger partial charge in [-0.05, 0) is 30.7 Å². The van der Waals surface area contributed by atoms with E-state index in [9.17, 15) is 14.9 Å². The zero-order valence-corrected chi connectivity index (χ0v) is 16.4. The number of halogens is 1. The Morgan fingerprint density at radius 1 is 1.24 bits per heavy atom. The summed E-state index contributed by atoms with van der Waals surface area (Å²) in [5.74, 6) is 0.173. The number of aromatic nitrogens is 2. The van der Waals surface area contributed by atoms with Gasteiger partial charge in [0.2, 0.25) is 0 Å². The normalized spacial score (nSPS) is 10.6. The third-order valence-corrected chi connectivity index (χ3v) is 4.50. The molecule has 0 aliphatic heterocycles. The molecule has 3 rings (SSSR count). The fourth-order valence-corrected chi connectivity index (χ4v) is 2.82. The summed E-state index contributed by atoms with van der Waals surface area (Å²) >= 11 is 6.01. The Balaban J connectivity index is 1.54. The number of nitrogens with one attached hydrogen (secondary N) is 1. The molecule has 0 bridgehead atoms. The molecule has 0 aliphatic carbocycles. The van der Waals surface area contributed by atoms with Gasteiger partial charge in [-0.25, -0.2) is 0 Å². The van der Waals surface area contributed by atoms with Crippen molar-refractivity contribution < 1.29 is 14.5 Å². The molecule has 1 heterocycles. The van der Waals surface area contributed by atoms with E-state index in [0.29, 0.717) is 17.9 Å². The Labute approximate surface area is 172 Å². The van der Waals surface area contributed by atoms with Crippen molar-refractivity contribution in [2.45, 2.75) is 26.6 Å². The number of benzene rings is 2. The summed E-state index contributed by atoms with van der Waals surface area (Å²) in [7, 11) is 0. The van der Waals surface area contributed by atoms with Crippen LogP contribution in [0.15, 0.2) is 54.9 Å². The van der Waals surface area contributed by atoms with Crippen LogP contribution in [-0.2, 0) is 19.7 Å². The molecule has 0 saturated heterocycles. The van der Waals surface area contributed by atoms with E-state index < -0.39 is 4.92 Å². The number of hydrogen-bond acceptors (Lipinski definition) is 5. The van der Waals surface area contributed by atoms with E-state index in [-0.39, 0.29) is 23.2 Å². The van der Waals surface area contributed by atoms with Crippen LogP contribution in [0.1, 0.15) is 28.4 Å². The molecule has 0 spiro atoms. The molecule has 2 aromatic carbocycles. The van der Waals surface area contributed by atoms with Gasteiger partial charge >= 0.3 is 0 Å². The molecule has 29 heavy (non-hydrogen) atoms. The molecule has 9 heteroatoms. The molecule has 8 nitrogen and oxygen atoms in total. The number of hydrogen-bond donors (Lipinski definition) is 1. The largest absolute Gasteiger partial charge is 0.487 e. The van der Waals surface area contributed by atoms with Crippen molar-refractivity contribution in [1.82, 2.24) is 15.1 Å². The second-order valence-corrected chi connectivity index (χ2v) is 6.65. The first-order valence-corrected chi connectivity index (χ1v) is 9.29. The third kappa shape index (κ3) is 5.32. The molecule has 150 valence electrons. The SMILES string of the molecule is CCn1cc(CNC(=O)c2ccc(COc3ccc([N+](=O)[O-])cc3Cl)cc2)cn1. The van der Waals surface area contributed by atoms with Crippen LogP contribution in [0.3, 0.4) is 0 Å². The van der Waals surface area contributed by atoms with E-state index >= 15 is 0 Å². The predicted molar refractivity (Wildman–Crippen MR) is 108 cm³/mol. The Morgan fingerprint density at radius 2 is 2.00 bits per heavy atom. The summed E-state index contributed by atoms with van der Waals surface area (Å²) in [5.41, 5.74) is 2.20. The fraction of sp³-hybridized carbons (Fsp3) is 0.200. The lowest BCUT2D eigenvalue weighted by molar-refractivity contribution is -0.384. The van der Waals surface area contributed by atoms with Crippen LogP contribution in [0.25, 0.3) is 0 Å². The maximum absolute atomic E-state index is 12.3. The first-order chi connectivity index (χ1) is 14.0. The molecule has 3 aromatic rings. The average Bonchev–Trinajstić information content (AvgIpc) is 3.19. The lowest BCUT2D eigenvalue weighted by Crippen LogP contribution is -2.22. The smallest absolute Gasteiger partial charge is 0.271 e. The molecule has 0 atom stereocenters. The summed E-state index contributed by atoms with van der Waals surface area (Å²) in [4.78, 5) is 22.5. The quantitative estimate of drug-likeness (QED) is 0.444. The Kier molecular flexibility index (Phi) is 6.46. The number of non-ortho nitro benzene ring substituents is 1. The van der Waals surface area contributed by atoms with Crippen molar-refractivity contribution >= 4 is 23.2 Å². The summed E-state index contributed by atoms with van der Waals surface area (Å²) in [6.07, 6.45) is 3.62. The zero-order valence-electron chi connectivity index (χ0n) is 15.7. The first-order valence-electron chi connectivity index (χ1n) is 8.91. The Hall–Kier alpha value is -3.39. The van der Waals surface area contributed by atoms with Gasteiger partial charge in [0.05, 0.1) is 16.1 Å². The minimum atomic E-state index is -0.519.